The lowest BCUT2D eigenvalue weighted by Gasteiger charge is -2.19. The average molecular weight is 384 g/mol. The largest absolute Gasteiger partial charge is 0.493 e. The van der Waals surface area contributed by atoms with Crippen LogP contribution in [0.1, 0.15) is 45.0 Å². The zero-order chi connectivity index (χ0) is 20.6. The number of hydrogen-bond acceptors (Lipinski definition) is 7. The van der Waals surface area contributed by atoms with Crippen molar-refractivity contribution in [2.24, 2.45) is 0 Å². The van der Waals surface area contributed by atoms with Crippen LogP contribution in [-0.4, -0.2) is 34.0 Å². The molecule has 0 saturated carbocycles. The molecule has 0 radical (unpaired) electrons. The summed E-state index contributed by atoms with van der Waals surface area (Å²) in [5.74, 6) is 2.01. The summed E-state index contributed by atoms with van der Waals surface area (Å²) >= 11 is 0. The van der Waals surface area contributed by atoms with Gasteiger partial charge in [0.05, 0.1) is 37.0 Å². The lowest BCUT2D eigenvalue weighted by molar-refractivity contribution is 0.354. The monoisotopic (exact) mass is 384 g/mol. The minimum Gasteiger partial charge on any atom is -0.493 e. The first kappa shape index (κ1) is 19.7. The first-order valence-electron chi connectivity index (χ1n) is 9.16. The van der Waals surface area contributed by atoms with Crippen LogP contribution < -0.4 is 20.5 Å². The van der Waals surface area contributed by atoms with Crippen molar-refractivity contribution in [3.05, 3.63) is 29.6 Å². The molecule has 0 spiro atoms. The van der Waals surface area contributed by atoms with Crippen molar-refractivity contribution in [3.8, 4) is 11.5 Å². The van der Waals surface area contributed by atoms with Gasteiger partial charge in [0.1, 0.15) is 5.82 Å². The van der Waals surface area contributed by atoms with E-state index in [1.807, 2.05) is 11.6 Å². The molecule has 3 aromatic rings. The number of aromatic nitrogens is 4. The maximum atomic E-state index is 6.17. The fourth-order valence-corrected chi connectivity index (χ4v) is 3.06. The lowest BCUT2D eigenvalue weighted by Crippen LogP contribution is -2.22. The lowest BCUT2D eigenvalue weighted by atomic mass is 10.1. The quantitative estimate of drug-likeness (QED) is 0.692. The van der Waals surface area contributed by atoms with Gasteiger partial charge in [-0.25, -0.2) is 4.98 Å². The van der Waals surface area contributed by atoms with E-state index < -0.39 is 0 Å². The second kappa shape index (κ2) is 7.18. The van der Waals surface area contributed by atoms with Gasteiger partial charge in [0, 0.05) is 23.2 Å². The Kier molecular flexibility index (Phi) is 5.06. The Bertz CT molecular complexity index is 1010. The Labute approximate surface area is 165 Å². The molecule has 0 bridgehead atoms. The van der Waals surface area contributed by atoms with Crippen LogP contribution in [0.5, 0.6) is 11.5 Å². The number of methoxy groups -OCH3 is 2. The molecule has 8 heteroatoms. The van der Waals surface area contributed by atoms with E-state index in [1.54, 1.807) is 26.4 Å². The number of nitrogens with zero attached hydrogens (tertiary/aromatic N) is 4. The molecule has 0 saturated heterocycles. The molecule has 28 heavy (non-hydrogen) atoms. The Morgan fingerprint density at radius 3 is 2.32 bits per heavy atom. The third kappa shape index (κ3) is 3.67. The zero-order valence-corrected chi connectivity index (χ0v) is 17.5. The van der Waals surface area contributed by atoms with Crippen molar-refractivity contribution >= 4 is 22.7 Å². The van der Waals surface area contributed by atoms with Gasteiger partial charge in [0.2, 0.25) is 5.95 Å². The maximum Gasteiger partial charge on any atom is 0.225 e. The molecule has 150 valence electrons. The zero-order valence-electron chi connectivity index (χ0n) is 17.5. The molecule has 3 N–H and O–H groups in total. The topological polar surface area (TPSA) is 100 Å². The molecule has 8 nitrogen and oxygen atoms in total. The predicted molar refractivity (Wildman–Crippen MR) is 111 cm³/mol. The first-order chi connectivity index (χ1) is 13.1. The van der Waals surface area contributed by atoms with E-state index in [9.17, 15) is 0 Å². The molecule has 0 aliphatic heterocycles. The van der Waals surface area contributed by atoms with Crippen LogP contribution in [0.25, 0.3) is 10.9 Å². The van der Waals surface area contributed by atoms with Gasteiger partial charge in [0.15, 0.2) is 11.5 Å². The highest BCUT2D eigenvalue weighted by atomic mass is 16.5. The Hall–Kier alpha value is -3.03. The van der Waals surface area contributed by atoms with E-state index in [1.165, 1.54) is 0 Å². The van der Waals surface area contributed by atoms with E-state index in [0.29, 0.717) is 34.2 Å². The van der Waals surface area contributed by atoms with Gasteiger partial charge in [-0.1, -0.05) is 0 Å². The molecular weight excluding hydrogens is 356 g/mol. The molecule has 0 fully saturated rings. The second-order valence-corrected chi connectivity index (χ2v) is 7.81. The van der Waals surface area contributed by atoms with Crippen LogP contribution in [0.15, 0.2) is 18.3 Å². The van der Waals surface area contributed by atoms with E-state index in [0.717, 1.165) is 11.3 Å². The number of hydrogen-bond donors (Lipinski definition) is 2. The van der Waals surface area contributed by atoms with Gasteiger partial charge < -0.3 is 20.5 Å². The van der Waals surface area contributed by atoms with E-state index in [4.69, 9.17) is 15.2 Å². The Morgan fingerprint density at radius 2 is 1.75 bits per heavy atom. The number of nitrogens with two attached hydrogens (primary N) is 1. The van der Waals surface area contributed by atoms with Crippen molar-refractivity contribution in [2.75, 3.05) is 25.3 Å². The van der Waals surface area contributed by atoms with Gasteiger partial charge in [-0.2, -0.15) is 10.1 Å². The summed E-state index contributed by atoms with van der Waals surface area (Å²) in [7, 11) is 3.17. The standard InChI is InChI=1S/C20H28N6O2/c1-11(14-10-26(20(3,4)5)25-12(14)2)22-19-23-15-9-17(28-7)16(27-6)8-13(15)18(21)24-19/h8-11H,1-7H3,(H3,21,22,23,24). The van der Waals surface area contributed by atoms with Crippen LogP contribution in [0.3, 0.4) is 0 Å². The Balaban J connectivity index is 1.95. The summed E-state index contributed by atoms with van der Waals surface area (Å²) in [6, 6.07) is 3.55. The first-order valence-corrected chi connectivity index (χ1v) is 9.16. The maximum absolute atomic E-state index is 6.17. The normalized spacial score (nSPS) is 12.8. The molecule has 0 aliphatic rings. The van der Waals surface area contributed by atoms with Gasteiger partial charge in [-0.15, -0.1) is 0 Å². The van der Waals surface area contributed by atoms with Gasteiger partial charge in [0.25, 0.3) is 0 Å². The molecule has 0 amide bonds. The smallest absolute Gasteiger partial charge is 0.225 e. The number of nitrogens with one attached hydrogen (secondary N) is 1. The minimum atomic E-state index is -0.0811. The van der Waals surface area contributed by atoms with Gasteiger partial charge in [-0.3, -0.25) is 4.68 Å². The van der Waals surface area contributed by atoms with Crippen molar-refractivity contribution in [2.45, 2.75) is 46.2 Å². The average Bonchev–Trinajstić information content (AvgIpc) is 3.03. The van der Waals surface area contributed by atoms with Crippen molar-refractivity contribution in [1.82, 2.24) is 19.7 Å². The van der Waals surface area contributed by atoms with Crippen molar-refractivity contribution in [1.29, 1.82) is 0 Å². The third-order valence-corrected chi connectivity index (χ3v) is 4.67. The molecule has 2 aromatic heterocycles. The van der Waals surface area contributed by atoms with Crippen LogP contribution in [0, 0.1) is 6.92 Å². The fraction of sp³-hybridized carbons (Fsp3) is 0.450. The van der Waals surface area contributed by atoms with Crippen LogP contribution in [0.2, 0.25) is 0 Å². The van der Waals surface area contributed by atoms with E-state index in [-0.39, 0.29) is 11.6 Å². The minimum absolute atomic E-state index is 0.0342. The summed E-state index contributed by atoms with van der Waals surface area (Å²) in [5, 5.41) is 8.69. The number of benzene rings is 1. The number of ether oxygens (including phenoxy) is 2. The summed E-state index contributed by atoms with van der Waals surface area (Å²) in [5.41, 5.74) is 8.83. The highest BCUT2D eigenvalue weighted by Gasteiger charge is 2.20. The fourth-order valence-electron chi connectivity index (χ4n) is 3.06. The SMILES string of the molecule is COc1cc2nc(NC(C)c3cn(C(C)(C)C)nc3C)nc(N)c2cc1OC. The second-order valence-electron chi connectivity index (χ2n) is 7.81. The summed E-state index contributed by atoms with van der Waals surface area (Å²) in [4.78, 5) is 9.02. The van der Waals surface area contributed by atoms with Crippen LogP contribution >= 0.6 is 0 Å². The van der Waals surface area contributed by atoms with Crippen LogP contribution in [0.4, 0.5) is 11.8 Å². The predicted octanol–water partition coefficient (Wildman–Crippen LogP) is 3.66. The van der Waals surface area contributed by atoms with Crippen molar-refractivity contribution in [3.63, 3.8) is 0 Å². The summed E-state index contributed by atoms with van der Waals surface area (Å²) in [6.07, 6.45) is 2.06. The summed E-state index contributed by atoms with van der Waals surface area (Å²) < 4.78 is 12.7. The molecule has 0 aliphatic carbocycles. The molecule has 2 heterocycles. The molecule has 1 atom stereocenters. The summed E-state index contributed by atoms with van der Waals surface area (Å²) in [6.45, 7) is 10.4. The highest BCUT2D eigenvalue weighted by molar-refractivity contribution is 5.91. The number of rotatable bonds is 5. The van der Waals surface area contributed by atoms with Gasteiger partial charge in [-0.05, 0) is 40.7 Å². The van der Waals surface area contributed by atoms with Crippen LogP contribution in [-0.2, 0) is 5.54 Å². The number of anilines is 2. The third-order valence-electron chi connectivity index (χ3n) is 4.67. The Morgan fingerprint density at radius 1 is 1.11 bits per heavy atom. The van der Waals surface area contributed by atoms with E-state index in [2.05, 4.69) is 54.3 Å². The van der Waals surface area contributed by atoms with E-state index >= 15 is 0 Å². The number of nitrogen functional groups attached to an aromatic ring is 1. The highest BCUT2D eigenvalue weighted by Crippen LogP contribution is 2.34. The van der Waals surface area contributed by atoms with Crippen molar-refractivity contribution < 1.29 is 9.47 Å². The molecular formula is C20H28N6O2. The molecule has 3 rings (SSSR count). The van der Waals surface area contributed by atoms with Gasteiger partial charge >= 0.3 is 0 Å². The molecule has 1 unspecified atom stereocenters. The number of fused-ring (bicyclic) bond motifs is 1. The molecule has 1 aromatic carbocycles. The number of aryl methyl sites for hydroxylation is 1.